The van der Waals surface area contributed by atoms with E-state index in [1.807, 2.05) is 0 Å². The van der Waals surface area contributed by atoms with E-state index in [0.717, 1.165) is 49.7 Å². The molecule has 2 unspecified atom stereocenters. The molecule has 2 aliphatic rings. The van der Waals surface area contributed by atoms with Gasteiger partial charge in [-0.25, -0.2) is 0 Å². The highest BCUT2D eigenvalue weighted by atomic mass is 31.2. The molecule has 2 atom stereocenters. The van der Waals surface area contributed by atoms with Gasteiger partial charge >= 0.3 is 0 Å². The molecule has 2 saturated heterocycles. The summed E-state index contributed by atoms with van der Waals surface area (Å²) >= 11 is 0. The number of nitrogens with zero attached hydrogens (tertiary/aromatic N) is 1. The molecule has 2 rings (SSSR count). The van der Waals surface area contributed by atoms with Crippen LogP contribution in [0.5, 0.6) is 0 Å². The Bertz CT molecular complexity index is 616. The fourth-order valence-electron chi connectivity index (χ4n) is 5.44. The van der Waals surface area contributed by atoms with E-state index in [1.165, 1.54) is 83.5 Å². The summed E-state index contributed by atoms with van der Waals surface area (Å²) in [6.45, 7) is 5.74. The number of ether oxygens (including phenoxy) is 2. The van der Waals surface area contributed by atoms with Crippen molar-refractivity contribution in [2.75, 3.05) is 53.6 Å². The number of hydrogen-bond donors (Lipinski definition) is 0. The number of unbranched alkanes of at least 4 members (excludes halogenated alkanes) is 13. The minimum Gasteiger partial charge on any atom is -0.756 e. The molecular formula is C29H58NO6P. The number of hydrogen-bond acceptors (Lipinski definition) is 6. The largest absolute Gasteiger partial charge is 0.756 e. The molecule has 37 heavy (non-hydrogen) atoms. The van der Waals surface area contributed by atoms with Crippen LogP contribution >= 0.6 is 7.82 Å². The van der Waals surface area contributed by atoms with E-state index in [9.17, 15) is 9.46 Å². The van der Waals surface area contributed by atoms with Gasteiger partial charge in [0.1, 0.15) is 5.60 Å². The van der Waals surface area contributed by atoms with Gasteiger partial charge in [0.25, 0.3) is 7.82 Å². The van der Waals surface area contributed by atoms with E-state index in [1.54, 1.807) is 0 Å². The Hall–Kier alpha value is -0.0100. The van der Waals surface area contributed by atoms with Crippen LogP contribution in [0.1, 0.15) is 122 Å². The smallest absolute Gasteiger partial charge is 0.268 e. The Morgan fingerprint density at radius 1 is 0.865 bits per heavy atom. The first-order chi connectivity index (χ1) is 17.8. The first-order valence-corrected chi connectivity index (χ1v) is 16.9. The Balaban J connectivity index is 1.48. The van der Waals surface area contributed by atoms with Crippen LogP contribution in [0, 0.1) is 0 Å². The molecule has 0 aromatic rings. The van der Waals surface area contributed by atoms with Crippen molar-refractivity contribution >= 4 is 7.82 Å². The SMILES string of the molecule is CCCCCCCCCCCCCCCCOCC1(COP(=O)([O-])OC2CC[N+](C)(C)CC2)CCCO1. The van der Waals surface area contributed by atoms with Gasteiger partial charge in [0, 0.05) is 26.1 Å². The van der Waals surface area contributed by atoms with Crippen LogP contribution in [0.15, 0.2) is 0 Å². The third kappa shape index (κ3) is 15.4. The van der Waals surface area contributed by atoms with Gasteiger partial charge in [0.2, 0.25) is 0 Å². The standard InChI is InChI=1S/C29H58NO6P/c1-4-5-6-7-8-9-10-11-12-13-14-15-16-17-24-33-26-29(21-18-25-34-29)27-35-37(31,32)36-28-19-22-30(2,3)23-20-28/h28H,4-27H2,1-3H3. The highest BCUT2D eigenvalue weighted by Crippen LogP contribution is 2.44. The average molecular weight is 548 g/mol. The van der Waals surface area contributed by atoms with Gasteiger partial charge in [-0.1, -0.05) is 90.4 Å². The second-order valence-electron chi connectivity index (χ2n) is 12.2. The lowest BCUT2D eigenvalue weighted by Crippen LogP contribution is -2.48. The van der Waals surface area contributed by atoms with Gasteiger partial charge in [-0.3, -0.25) is 4.57 Å². The van der Waals surface area contributed by atoms with Gasteiger partial charge in [-0.05, 0) is 19.3 Å². The third-order valence-corrected chi connectivity index (χ3v) is 9.07. The monoisotopic (exact) mass is 547 g/mol. The number of phosphoric ester groups is 1. The van der Waals surface area contributed by atoms with Crippen molar-refractivity contribution in [1.82, 2.24) is 0 Å². The Morgan fingerprint density at radius 3 is 1.92 bits per heavy atom. The first kappa shape index (κ1) is 33.2. The minimum atomic E-state index is -4.37. The third-order valence-electron chi connectivity index (χ3n) is 8.07. The number of rotatable bonds is 22. The molecular weight excluding hydrogens is 489 g/mol. The van der Waals surface area contributed by atoms with Crippen LogP contribution in [-0.4, -0.2) is 69.8 Å². The summed E-state index contributed by atoms with van der Waals surface area (Å²) in [4.78, 5) is 12.5. The summed E-state index contributed by atoms with van der Waals surface area (Å²) in [6, 6.07) is 0. The fraction of sp³-hybridized carbons (Fsp3) is 1.00. The molecule has 0 radical (unpaired) electrons. The molecule has 2 heterocycles. The summed E-state index contributed by atoms with van der Waals surface area (Å²) in [7, 11) is -0.0541. The molecule has 2 fully saturated rings. The molecule has 0 bridgehead atoms. The van der Waals surface area contributed by atoms with Crippen molar-refractivity contribution in [3.63, 3.8) is 0 Å². The summed E-state index contributed by atoms with van der Waals surface area (Å²) < 4.78 is 35.9. The maximum absolute atomic E-state index is 12.5. The van der Waals surface area contributed by atoms with Crippen molar-refractivity contribution in [3.8, 4) is 0 Å². The second-order valence-corrected chi connectivity index (χ2v) is 13.6. The Kier molecular flexibility index (Phi) is 16.5. The van der Waals surface area contributed by atoms with Gasteiger partial charge in [-0.2, -0.15) is 0 Å². The van der Waals surface area contributed by atoms with Crippen LogP contribution in [0.25, 0.3) is 0 Å². The number of phosphoric acid groups is 1. The van der Waals surface area contributed by atoms with Crippen molar-refractivity contribution < 1.29 is 32.5 Å². The number of piperidine rings is 1. The summed E-state index contributed by atoms with van der Waals surface area (Å²) in [5, 5.41) is 0. The van der Waals surface area contributed by atoms with Crippen LogP contribution in [0.2, 0.25) is 0 Å². The maximum atomic E-state index is 12.5. The predicted molar refractivity (Wildman–Crippen MR) is 149 cm³/mol. The van der Waals surface area contributed by atoms with Gasteiger partial charge in [-0.15, -0.1) is 0 Å². The molecule has 0 amide bonds. The van der Waals surface area contributed by atoms with Crippen LogP contribution < -0.4 is 4.89 Å². The molecule has 0 N–H and O–H groups in total. The summed E-state index contributed by atoms with van der Waals surface area (Å²) in [5.74, 6) is 0. The molecule has 220 valence electrons. The maximum Gasteiger partial charge on any atom is 0.268 e. The van der Waals surface area contributed by atoms with Gasteiger partial charge in [0.05, 0.1) is 46.5 Å². The summed E-state index contributed by atoms with van der Waals surface area (Å²) in [5.41, 5.74) is -0.676. The summed E-state index contributed by atoms with van der Waals surface area (Å²) in [6.07, 6.45) is 21.5. The molecule has 8 heteroatoms. The molecule has 0 aromatic heterocycles. The Morgan fingerprint density at radius 2 is 1.41 bits per heavy atom. The van der Waals surface area contributed by atoms with E-state index in [-0.39, 0.29) is 12.7 Å². The molecule has 0 aromatic carbocycles. The number of likely N-dealkylation sites (tertiary alicyclic amines) is 1. The number of quaternary nitrogens is 1. The Labute approximate surface area is 228 Å². The van der Waals surface area contributed by atoms with Crippen LogP contribution in [0.3, 0.4) is 0 Å². The molecule has 0 aliphatic carbocycles. The normalized spacial score (nSPS) is 23.9. The highest BCUT2D eigenvalue weighted by Gasteiger charge is 2.38. The molecule has 0 spiro atoms. The zero-order valence-corrected chi connectivity index (χ0v) is 25.3. The van der Waals surface area contributed by atoms with Gasteiger partial charge < -0.3 is 27.9 Å². The lowest BCUT2D eigenvalue weighted by atomic mass is 10.0. The van der Waals surface area contributed by atoms with E-state index >= 15 is 0 Å². The average Bonchev–Trinajstić information content (AvgIpc) is 3.33. The minimum absolute atomic E-state index is 0.0270. The van der Waals surface area contributed by atoms with Gasteiger partial charge in [0.15, 0.2) is 0 Å². The van der Waals surface area contributed by atoms with Crippen molar-refractivity contribution in [2.45, 2.75) is 134 Å². The highest BCUT2D eigenvalue weighted by molar-refractivity contribution is 7.45. The van der Waals surface area contributed by atoms with Crippen molar-refractivity contribution in [3.05, 3.63) is 0 Å². The van der Waals surface area contributed by atoms with E-state index in [0.29, 0.717) is 19.8 Å². The zero-order valence-electron chi connectivity index (χ0n) is 24.4. The quantitative estimate of drug-likeness (QED) is 0.0845. The van der Waals surface area contributed by atoms with Crippen LogP contribution in [0.4, 0.5) is 0 Å². The van der Waals surface area contributed by atoms with Crippen molar-refractivity contribution in [1.29, 1.82) is 0 Å². The lowest BCUT2D eigenvalue weighted by molar-refractivity contribution is -0.896. The first-order valence-electron chi connectivity index (χ1n) is 15.4. The fourth-order valence-corrected chi connectivity index (χ4v) is 6.47. The molecule has 7 nitrogen and oxygen atoms in total. The van der Waals surface area contributed by atoms with E-state index in [2.05, 4.69) is 21.0 Å². The van der Waals surface area contributed by atoms with E-state index < -0.39 is 13.4 Å². The molecule has 0 saturated carbocycles. The van der Waals surface area contributed by atoms with Crippen LogP contribution in [-0.2, 0) is 23.1 Å². The van der Waals surface area contributed by atoms with E-state index in [4.69, 9.17) is 18.5 Å². The second kappa shape index (κ2) is 18.4. The van der Waals surface area contributed by atoms with Crippen molar-refractivity contribution in [2.24, 2.45) is 0 Å². The zero-order chi connectivity index (χ0) is 26.9. The lowest BCUT2D eigenvalue weighted by Gasteiger charge is -2.39. The predicted octanol–water partition coefficient (Wildman–Crippen LogP) is 6.77. The topological polar surface area (TPSA) is 77.1 Å². The molecule has 2 aliphatic heterocycles.